The average Bonchev–Trinajstić information content (AvgIpc) is 2.45. The first-order valence-corrected chi connectivity index (χ1v) is 6.57. The smallest absolute Gasteiger partial charge is 0.252 e. The number of halogens is 2. The van der Waals surface area contributed by atoms with Crippen molar-refractivity contribution in [2.24, 2.45) is 0 Å². The van der Waals surface area contributed by atoms with Crippen molar-refractivity contribution in [3.05, 3.63) is 69.7 Å². The van der Waals surface area contributed by atoms with Crippen LogP contribution in [0.2, 0.25) is 10.0 Å². The van der Waals surface area contributed by atoms with Gasteiger partial charge in [-0.15, -0.1) is 0 Å². The van der Waals surface area contributed by atoms with E-state index in [0.29, 0.717) is 21.2 Å². The van der Waals surface area contributed by atoms with Crippen LogP contribution in [-0.2, 0) is 0 Å². The van der Waals surface area contributed by atoms with E-state index in [4.69, 9.17) is 23.2 Å². The summed E-state index contributed by atoms with van der Waals surface area (Å²) in [6, 6.07) is 14.6. The van der Waals surface area contributed by atoms with Crippen molar-refractivity contribution >= 4 is 29.1 Å². The Bertz CT molecular complexity index is 662. The van der Waals surface area contributed by atoms with Gasteiger partial charge >= 0.3 is 0 Å². The van der Waals surface area contributed by atoms with E-state index in [1.165, 1.54) is 0 Å². The maximum absolute atomic E-state index is 12.1. The molecule has 1 atom stereocenters. The maximum atomic E-state index is 12.1. The van der Waals surface area contributed by atoms with Crippen LogP contribution in [0.1, 0.15) is 22.0 Å². The minimum Gasteiger partial charge on any atom is -0.332 e. The average molecular weight is 305 g/mol. The number of nitrogens with one attached hydrogen (secondary N) is 1. The summed E-state index contributed by atoms with van der Waals surface area (Å²) in [5.74, 6) is -0.353. The number of benzene rings is 2. The molecule has 0 bridgehead atoms. The number of rotatable bonds is 3. The fourth-order valence-electron chi connectivity index (χ4n) is 1.69. The molecule has 0 saturated heterocycles. The molecule has 0 aliphatic heterocycles. The fourth-order valence-corrected chi connectivity index (χ4v) is 2.01. The van der Waals surface area contributed by atoms with Gasteiger partial charge < -0.3 is 5.32 Å². The van der Waals surface area contributed by atoms with Crippen LogP contribution in [0.5, 0.6) is 0 Å². The zero-order chi connectivity index (χ0) is 14.5. The van der Waals surface area contributed by atoms with Crippen molar-refractivity contribution in [3.63, 3.8) is 0 Å². The molecule has 0 aliphatic carbocycles. The van der Waals surface area contributed by atoms with Crippen molar-refractivity contribution in [3.8, 4) is 6.07 Å². The summed E-state index contributed by atoms with van der Waals surface area (Å²) in [6.07, 6.45) is 0. The monoisotopic (exact) mass is 304 g/mol. The molecule has 0 saturated carbocycles. The highest BCUT2D eigenvalue weighted by molar-refractivity contribution is 6.31. The summed E-state index contributed by atoms with van der Waals surface area (Å²) in [5.41, 5.74) is 1.08. The second kappa shape index (κ2) is 6.42. The van der Waals surface area contributed by atoms with Crippen LogP contribution in [0.15, 0.2) is 48.5 Å². The lowest BCUT2D eigenvalue weighted by Crippen LogP contribution is -2.27. The Kier molecular flexibility index (Phi) is 4.62. The van der Waals surface area contributed by atoms with E-state index < -0.39 is 6.04 Å². The van der Waals surface area contributed by atoms with Gasteiger partial charge in [0.05, 0.1) is 6.07 Å². The van der Waals surface area contributed by atoms with Crippen LogP contribution in [0.4, 0.5) is 0 Å². The second-order valence-corrected chi connectivity index (χ2v) is 4.97. The van der Waals surface area contributed by atoms with Gasteiger partial charge in [-0.05, 0) is 35.9 Å². The van der Waals surface area contributed by atoms with E-state index in [9.17, 15) is 10.1 Å². The highest BCUT2D eigenvalue weighted by Crippen LogP contribution is 2.17. The van der Waals surface area contributed by atoms with Gasteiger partial charge in [-0.1, -0.05) is 41.4 Å². The summed E-state index contributed by atoms with van der Waals surface area (Å²) in [4.78, 5) is 12.1. The Morgan fingerprint density at radius 3 is 2.40 bits per heavy atom. The highest BCUT2D eigenvalue weighted by Gasteiger charge is 2.15. The van der Waals surface area contributed by atoms with Crippen LogP contribution in [0, 0.1) is 11.3 Å². The van der Waals surface area contributed by atoms with Gasteiger partial charge in [0.25, 0.3) is 5.91 Å². The SMILES string of the molecule is N#CC(NC(=O)c1cccc(Cl)c1)c1ccc(Cl)cc1. The first-order valence-electron chi connectivity index (χ1n) is 5.81. The molecule has 0 spiro atoms. The van der Waals surface area contributed by atoms with Crippen molar-refractivity contribution in [1.82, 2.24) is 5.32 Å². The molecule has 0 aliphatic rings. The summed E-state index contributed by atoms with van der Waals surface area (Å²) in [7, 11) is 0. The first-order chi connectivity index (χ1) is 9.60. The number of amides is 1. The van der Waals surface area contributed by atoms with Crippen LogP contribution < -0.4 is 5.32 Å². The van der Waals surface area contributed by atoms with E-state index >= 15 is 0 Å². The number of carbonyl (C=O) groups excluding carboxylic acids is 1. The Labute approximate surface area is 126 Å². The molecular weight excluding hydrogens is 295 g/mol. The molecule has 5 heteroatoms. The molecule has 2 aromatic carbocycles. The van der Waals surface area contributed by atoms with Gasteiger partial charge in [0.1, 0.15) is 6.04 Å². The Balaban J connectivity index is 2.17. The predicted molar refractivity (Wildman–Crippen MR) is 78.7 cm³/mol. The lowest BCUT2D eigenvalue weighted by molar-refractivity contribution is 0.0945. The van der Waals surface area contributed by atoms with Gasteiger partial charge in [-0.25, -0.2) is 0 Å². The fraction of sp³-hybridized carbons (Fsp3) is 0.0667. The Morgan fingerprint density at radius 1 is 1.10 bits per heavy atom. The molecule has 100 valence electrons. The largest absolute Gasteiger partial charge is 0.332 e. The summed E-state index contributed by atoms with van der Waals surface area (Å²) < 4.78 is 0. The molecule has 1 N–H and O–H groups in total. The molecule has 0 heterocycles. The molecule has 1 unspecified atom stereocenters. The topological polar surface area (TPSA) is 52.9 Å². The van der Waals surface area contributed by atoms with E-state index in [-0.39, 0.29) is 5.91 Å². The summed E-state index contributed by atoms with van der Waals surface area (Å²) >= 11 is 11.6. The summed E-state index contributed by atoms with van der Waals surface area (Å²) in [5, 5.41) is 12.9. The third kappa shape index (κ3) is 3.51. The molecule has 0 aromatic heterocycles. The molecule has 3 nitrogen and oxygen atoms in total. The number of hydrogen-bond acceptors (Lipinski definition) is 2. The van der Waals surface area contributed by atoms with Crippen LogP contribution in [0.25, 0.3) is 0 Å². The number of carbonyl (C=O) groups is 1. The van der Waals surface area contributed by atoms with Gasteiger partial charge in [0.2, 0.25) is 0 Å². The lowest BCUT2D eigenvalue weighted by atomic mass is 10.1. The lowest BCUT2D eigenvalue weighted by Gasteiger charge is -2.12. The molecule has 1 amide bonds. The standard InChI is InChI=1S/C15H10Cl2N2O/c16-12-6-4-10(5-7-12)14(9-18)19-15(20)11-2-1-3-13(17)8-11/h1-8,14H,(H,19,20). The third-order valence-corrected chi connectivity index (χ3v) is 3.18. The molecule has 2 rings (SSSR count). The zero-order valence-electron chi connectivity index (χ0n) is 10.3. The quantitative estimate of drug-likeness (QED) is 0.932. The second-order valence-electron chi connectivity index (χ2n) is 4.10. The van der Waals surface area contributed by atoms with Crippen molar-refractivity contribution in [1.29, 1.82) is 5.26 Å². The molecule has 0 fully saturated rings. The van der Waals surface area contributed by atoms with E-state index in [1.807, 2.05) is 6.07 Å². The molecule has 20 heavy (non-hydrogen) atoms. The maximum Gasteiger partial charge on any atom is 0.252 e. The van der Waals surface area contributed by atoms with Crippen molar-refractivity contribution in [2.45, 2.75) is 6.04 Å². The molecule has 2 aromatic rings. The van der Waals surface area contributed by atoms with Crippen LogP contribution in [-0.4, -0.2) is 5.91 Å². The summed E-state index contributed by atoms with van der Waals surface area (Å²) in [6.45, 7) is 0. The molecule has 0 radical (unpaired) electrons. The van der Waals surface area contributed by atoms with Crippen LogP contribution in [0.3, 0.4) is 0 Å². The Morgan fingerprint density at radius 2 is 1.80 bits per heavy atom. The minimum atomic E-state index is -0.737. The van der Waals surface area contributed by atoms with E-state index in [1.54, 1.807) is 48.5 Å². The van der Waals surface area contributed by atoms with Gasteiger partial charge in [0.15, 0.2) is 0 Å². The van der Waals surface area contributed by atoms with Crippen molar-refractivity contribution in [2.75, 3.05) is 0 Å². The molecular formula is C15H10Cl2N2O. The Hall–Kier alpha value is -2.02. The van der Waals surface area contributed by atoms with Crippen molar-refractivity contribution < 1.29 is 4.79 Å². The highest BCUT2D eigenvalue weighted by atomic mass is 35.5. The van der Waals surface area contributed by atoms with Gasteiger partial charge in [-0.2, -0.15) is 5.26 Å². The first kappa shape index (κ1) is 14.4. The predicted octanol–water partition coefficient (Wildman–Crippen LogP) is 3.99. The van der Waals surface area contributed by atoms with Gasteiger partial charge in [-0.3, -0.25) is 4.79 Å². The van der Waals surface area contributed by atoms with E-state index in [2.05, 4.69) is 5.32 Å². The van der Waals surface area contributed by atoms with Gasteiger partial charge in [0, 0.05) is 15.6 Å². The zero-order valence-corrected chi connectivity index (χ0v) is 11.8. The van der Waals surface area contributed by atoms with E-state index in [0.717, 1.165) is 0 Å². The minimum absolute atomic E-state index is 0.353. The normalized spacial score (nSPS) is 11.4. The number of nitrogens with zero attached hydrogens (tertiary/aromatic N) is 1. The number of hydrogen-bond donors (Lipinski definition) is 1. The third-order valence-electron chi connectivity index (χ3n) is 2.69. The number of nitriles is 1. The van der Waals surface area contributed by atoms with Crippen LogP contribution >= 0.6 is 23.2 Å².